The molecule has 3 aromatic heterocycles. The van der Waals surface area contributed by atoms with Gasteiger partial charge in [0.25, 0.3) is 5.56 Å². The highest BCUT2D eigenvalue weighted by molar-refractivity contribution is 7.08. The topological polar surface area (TPSA) is 58.7 Å². The Morgan fingerprint density at radius 2 is 1.88 bits per heavy atom. The van der Waals surface area contributed by atoms with E-state index in [9.17, 15) is 10.1 Å². The Kier molecular flexibility index (Phi) is 4.18. The van der Waals surface area contributed by atoms with Gasteiger partial charge >= 0.3 is 0 Å². The maximum absolute atomic E-state index is 13.2. The lowest BCUT2D eigenvalue weighted by Crippen LogP contribution is -2.20. The Labute approximate surface area is 154 Å². The number of rotatable bonds is 3. The third kappa shape index (κ3) is 2.83. The number of benzene rings is 1. The normalized spacial score (nSPS) is 10.4. The Morgan fingerprint density at radius 3 is 2.62 bits per heavy atom. The van der Waals surface area contributed by atoms with Crippen LogP contribution in [-0.4, -0.2) is 9.55 Å². The zero-order valence-corrected chi connectivity index (χ0v) is 14.5. The molecule has 0 aliphatic rings. The number of nitrogens with zero attached hydrogens (tertiary/aromatic N) is 3. The van der Waals surface area contributed by atoms with Gasteiger partial charge in [-0.3, -0.25) is 14.3 Å². The lowest BCUT2D eigenvalue weighted by molar-refractivity contribution is 1.000. The van der Waals surface area contributed by atoms with E-state index >= 15 is 0 Å². The molecule has 0 saturated carbocycles. The monoisotopic (exact) mass is 355 g/mol. The maximum atomic E-state index is 13.2. The average molecular weight is 355 g/mol. The molecular weight excluding hydrogens is 342 g/mol. The van der Waals surface area contributed by atoms with Crippen molar-refractivity contribution in [3.05, 3.63) is 93.7 Å². The molecule has 0 amide bonds. The molecule has 0 atom stereocenters. The third-order valence-corrected chi connectivity index (χ3v) is 4.77. The van der Waals surface area contributed by atoms with Crippen molar-refractivity contribution in [1.82, 2.24) is 9.55 Å². The zero-order chi connectivity index (χ0) is 17.9. The molecule has 0 fully saturated rings. The lowest BCUT2D eigenvalue weighted by atomic mass is 9.99. The molecule has 124 valence electrons. The second kappa shape index (κ2) is 6.79. The Balaban J connectivity index is 2.04. The molecule has 26 heavy (non-hydrogen) atoms. The van der Waals surface area contributed by atoms with Crippen molar-refractivity contribution in [2.24, 2.45) is 0 Å². The van der Waals surface area contributed by atoms with Crippen LogP contribution in [0.25, 0.3) is 28.1 Å². The molecule has 4 aromatic rings. The SMILES string of the molecule is N#Cc1ccccc1-c1cc(-c2ccccn2)cn(-c2ccsc2)c1=O. The van der Waals surface area contributed by atoms with Crippen LogP contribution in [-0.2, 0) is 0 Å². The van der Waals surface area contributed by atoms with Crippen molar-refractivity contribution >= 4 is 11.3 Å². The van der Waals surface area contributed by atoms with Gasteiger partial charge in [0.2, 0.25) is 0 Å². The van der Waals surface area contributed by atoms with E-state index in [0.29, 0.717) is 16.7 Å². The number of aromatic nitrogens is 2. The van der Waals surface area contributed by atoms with Crippen molar-refractivity contribution in [3.63, 3.8) is 0 Å². The largest absolute Gasteiger partial charge is 0.282 e. The molecule has 3 heterocycles. The molecule has 0 aliphatic carbocycles. The fourth-order valence-electron chi connectivity index (χ4n) is 2.85. The molecule has 0 spiro atoms. The molecule has 4 rings (SSSR count). The molecule has 0 aliphatic heterocycles. The summed E-state index contributed by atoms with van der Waals surface area (Å²) in [6.07, 6.45) is 3.52. The van der Waals surface area contributed by atoms with Crippen LogP contribution in [0.2, 0.25) is 0 Å². The molecule has 0 bridgehead atoms. The van der Waals surface area contributed by atoms with Crippen molar-refractivity contribution < 1.29 is 0 Å². The first-order chi connectivity index (χ1) is 12.8. The van der Waals surface area contributed by atoms with Crippen LogP contribution in [0.1, 0.15) is 5.56 Å². The second-order valence-corrected chi connectivity index (χ2v) is 6.45. The van der Waals surface area contributed by atoms with Gasteiger partial charge in [0, 0.05) is 34.5 Å². The quantitative estimate of drug-likeness (QED) is 0.544. The van der Waals surface area contributed by atoms with Gasteiger partial charge in [-0.05, 0) is 35.7 Å². The summed E-state index contributed by atoms with van der Waals surface area (Å²) in [4.78, 5) is 17.6. The van der Waals surface area contributed by atoms with E-state index < -0.39 is 0 Å². The summed E-state index contributed by atoms with van der Waals surface area (Å²) in [6, 6.07) is 18.7. The van der Waals surface area contributed by atoms with Crippen LogP contribution in [0, 0.1) is 11.3 Å². The highest BCUT2D eigenvalue weighted by atomic mass is 32.1. The summed E-state index contributed by atoms with van der Waals surface area (Å²) < 4.78 is 1.62. The van der Waals surface area contributed by atoms with Crippen LogP contribution < -0.4 is 5.56 Å². The molecular formula is C21H13N3OS. The minimum absolute atomic E-state index is 0.161. The molecule has 4 nitrogen and oxygen atoms in total. The van der Waals surface area contributed by atoms with Gasteiger partial charge < -0.3 is 0 Å². The first kappa shape index (κ1) is 16.0. The van der Waals surface area contributed by atoms with Crippen LogP contribution >= 0.6 is 11.3 Å². The minimum Gasteiger partial charge on any atom is -0.282 e. The number of pyridine rings is 2. The summed E-state index contributed by atoms with van der Waals surface area (Å²) in [7, 11) is 0. The zero-order valence-electron chi connectivity index (χ0n) is 13.7. The minimum atomic E-state index is -0.161. The average Bonchev–Trinajstić information content (AvgIpc) is 3.23. The van der Waals surface area contributed by atoms with Gasteiger partial charge in [-0.25, -0.2) is 0 Å². The van der Waals surface area contributed by atoms with Crippen LogP contribution in [0.3, 0.4) is 0 Å². The highest BCUT2D eigenvalue weighted by Gasteiger charge is 2.14. The van der Waals surface area contributed by atoms with Gasteiger partial charge in [0.15, 0.2) is 0 Å². The van der Waals surface area contributed by atoms with Crippen molar-refractivity contribution in [1.29, 1.82) is 5.26 Å². The van der Waals surface area contributed by atoms with E-state index in [2.05, 4.69) is 11.1 Å². The molecule has 0 N–H and O–H groups in total. The number of hydrogen-bond donors (Lipinski definition) is 0. The summed E-state index contributed by atoms with van der Waals surface area (Å²) >= 11 is 1.53. The van der Waals surface area contributed by atoms with E-state index in [0.717, 1.165) is 16.9 Å². The maximum Gasteiger partial charge on any atom is 0.263 e. The molecule has 1 aromatic carbocycles. The molecule has 0 saturated heterocycles. The fourth-order valence-corrected chi connectivity index (χ4v) is 3.48. The van der Waals surface area contributed by atoms with Gasteiger partial charge in [0.05, 0.1) is 23.0 Å². The summed E-state index contributed by atoms with van der Waals surface area (Å²) in [5.41, 5.74) is 3.81. The Morgan fingerprint density at radius 1 is 1.04 bits per heavy atom. The van der Waals surface area contributed by atoms with Crippen molar-refractivity contribution in [3.8, 4) is 34.1 Å². The number of thiophene rings is 1. The predicted molar refractivity (Wildman–Crippen MR) is 103 cm³/mol. The summed E-state index contributed by atoms with van der Waals surface area (Å²) in [5, 5.41) is 13.3. The van der Waals surface area contributed by atoms with E-state index in [-0.39, 0.29) is 5.56 Å². The summed E-state index contributed by atoms with van der Waals surface area (Å²) in [5.74, 6) is 0. The standard InChI is InChI=1S/C21H13N3OS/c22-12-15-5-1-2-6-18(15)19-11-16(20-7-3-4-9-23-20)13-24(21(19)25)17-8-10-26-14-17/h1-11,13-14H. The third-order valence-electron chi connectivity index (χ3n) is 4.10. The molecule has 5 heteroatoms. The lowest BCUT2D eigenvalue weighted by Gasteiger charge is -2.11. The van der Waals surface area contributed by atoms with Gasteiger partial charge in [-0.15, -0.1) is 0 Å². The van der Waals surface area contributed by atoms with Crippen LogP contribution in [0.15, 0.2) is 82.5 Å². The Bertz CT molecular complexity index is 1160. The van der Waals surface area contributed by atoms with Crippen molar-refractivity contribution in [2.75, 3.05) is 0 Å². The molecule has 0 unspecified atom stereocenters. The fraction of sp³-hybridized carbons (Fsp3) is 0. The molecule has 0 radical (unpaired) electrons. The summed E-state index contributed by atoms with van der Waals surface area (Å²) in [6.45, 7) is 0. The smallest absolute Gasteiger partial charge is 0.263 e. The number of hydrogen-bond acceptors (Lipinski definition) is 4. The first-order valence-corrected chi connectivity index (χ1v) is 8.92. The van der Waals surface area contributed by atoms with E-state index in [1.807, 2.05) is 47.2 Å². The van der Waals surface area contributed by atoms with Gasteiger partial charge in [0.1, 0.15) is 0 Å². The van der Waals surface area contributed by atoms with E-state index in [4.69, 9.17) is 0 Å². The second-order valence-electron chi connectivity index (χ2n) is 5.67. The van der Waals surface area contributed by atoms with Crippen LogP contribution in [0.4, 0.5) is 0 Å². The first-order valence-electron chi connectivity index (χ1n) is 7.98. The predicted octanol–water partition coefficient (Wildman–Crippen LogP) is 4.50. The highest BCUT2D eigenvalue weighted by Crippen LogP contribution is 2.26. The van der Waals surface area contributed by atoms with Crippen LogP contribution in [0.5, 0.6) is 0 Å². The van der Waals surface area contributed by atoms with E-state index in [1.54, 1.807) is 35.2 Å². The van der Waals surface area contributed by atoms with E-state index in [1.165, 1.54) is 11.3 Å². The van der Waals surface area contributed by atoms with Gasteiger partial charge in [-0.2, -0.15) is 16.6 Å². The number of nitriles is 1. The van der Waals surface area contributed by atoms with Gasteiger partial charge in [-0.1, -0.05) is 24.3 Å². The Hall–Kier alpha value is -3.49. The van der Waals surface area contributed by atoms with Crippen molar-refractivity contribution in [2.45, 2.75) is 0 Å².